The van der Waals surface area contributed by atoms with Crippen LogP contribution in [0.2, 0.25) is 0 Å². The van der Waals surface area contributed by atoms with Crippen molar-refractivity contribution in [1.82, 2.24) is 10.6 Å². The molecule has 0 atom stereocenters. The number of carbonyl (C=O) groups is 1. The number of hydrogen-bond acceptors (Lipinski definition) is 3. The molecule has 0 radical (unpaired) electrons. The van der Waals surface area contributed by atoms with Crippen molar-refractivity contribution in [3.05, 3.63) is 35.6 Å². The molecule has 4 nitrogen and oxygen atoms in total. The average Bonchev–Trinajstić information content (AvgIpc) is 2.46. The average molecular weight is 317 g/mol. The summed E-state index contributed by atoms with van der Waals surface area (Å²) in [5, 5.41) is 6.16. The molecule has 1 aromatic carbocycles. The lowest BCUT2D eigenvalue weighted by atomic mass is 9.78. The van der Waals surface area contributed by atoms with Gasteiger partial charge in [-0.1, -0.05) is 12.1 Å². The third kappa shape index (κ3) is 4.66. The second-order valence-electron chi connectivity index (χ2n) is 5.28. The first-order chi connectivity index (χ1) is 9.66. The van der Waals surface area contributed by atoms with Crippen LogP contribution in [-0.2, 0) is 16.1 Å². The minimum atomic E-state index is -0.465. The molecular weight excluding hydrogens is 295 g/mol. The second-order valence-corrected chi connectivity index (χ2v) is 5.28. The Morgan fingerprint density at radius 1 is 1.43 bits per heavy atom. The van der Waals surface area contributed by atoms with E-state index in [1.54, 1.807) is 19.2 Å². The van der Waals surface area contributed by atoms with Gasteiger partial charge in [0.15, 0.2) is 0 Å². The van der Waals surface area contributed by atoms with E-state index in [4.69, 9.17) is 4.74 Å². The third-order valence-corrected chi connectivity index (χ3v) is 3.81. The Morgan fingerprint density at radius 3 is 2.76 bits per heavy atom. The molecule has 1 saturated heterocycles. The maximum Gasteiger partial charge on any atom is 0.228 e. The van der Waals surface area contributed by atoms with E-state index >= 15 is 0 Å². The summed E-state index contributed by atoms with van der Waals surface area (Å²) in [4.78, 5) is 12.5. The number of benzene rings is 1. The first kappa shape index (κ1) is 17.9. The SMILES string of the molecule is COCC1(C(=O)NCc2cccc(F)c2)CCNCC1.Cl. The van der Waals surface area contributed by atoms with Crippen LogP contribution >= 0.6 is 12.4 Å². The zero-order valence-corrected chi connectivity index (χ0v) is 13.0. The van der Waals surface area contributed by atoms with Gasteiger partial charge < -0.3 is 15.4 Å². The van der Waals surface area contributed by atoms with Gasteiger partial charge in [-0.2, -0.15) is 0 Å². The van der Waals surface area contributed by atoms with Crippen LogP contribution < -0.4 is 10.6 Å². The molecule has 1 heterocycles. The molecule has 0 bridgehead atoms. The van der Waals surface area contributed by atoms with E-state index in [1.165, 1.54) is 12.1 Å². The fourth-order valence-corrected chi connectivity index (χ4v) is 2.64. The molecule has 6 heteroatoms. The molecule has 0 saturated carbocycles. The number of piperidine rings is 1. The summed E-state index contributed by atoms with van der Waals surface area (Å²) >= 11 is 0. The Balaban J connectivity index is 0.00000220. The Kier molecular flexibility index (Phi) is 7.08. The highest BCUT2D eigenvalue weighted by atomic mass is 35.5. The number of ether oxygens (including phenoxy) is 1. The maximum absolute atomic E-state index is 13.1. The van der Waals surface area contributed by atoms with Gasteiger partial charge in [-0.25, -0.2) is 4.39 Å². The number of methoxy groups -OCH3 is 1. The highest BCUT2D eigenvalue weighted by molar-refractivity contribution is 5.85. The molecule has 118 valence electrons. The topological polar surface area (TPSA) is 50.4 Å². The van der Waals surface area contributed by atoms with E-state index in [1.807, 2.05) is 0 Å². The van der Waals surface area contributed by atoms with E-state index in [0.29, 0.717) is 13.2 Å². The van der Waals surface area contributed by atoms with Crippen molar-refractivity contribution < 1.29 is 13.9 Å². The molecule has 1 fully saturated rings. The van der Waals surface area contributed by atoms with Crippen LogP contribution in [0.3, 0.4) is 0 Å². The van der Waals surface area contributed by atoms with Gasteiger partial charge in [-0.05, 0) is 43.6 Å². The lowest BCUT2D eigenvalue weighted by Crippen LogP contribution is -2.49. The van der Waals surface area contributed by atoms with Crippen LogP contribution in [0.15, 0.2) is 24.3 Å². The number of nitrogens with one attached hydrogen (secondary N) is 2. The largest absolute Gasteiger partial charge is 0.384 e. The van der Waals surface area contributed by atoms with E-state index in [9.17, 15) is 9.18 Å². The van der Waals surface area contributed by atoms with Gasteiger partial charge in [0.25, 0.3) is 0 Å². The summed E-state index contributed by atoms with van der Waals surface area (Å²) in [5.41, 5.74) is 0.299. The van der Waals surface area contributed by atoms with Gasteiger partial charge in [-0.3, -0.25) is 4.79 Å². The maximum atomic E-state index is 13.1. The quantitative estimate of drug-likeness (QED) is 0.872. The molecule has 1 aromatic rings. The number of hydrogen-bond donors (Lipinski definition) is 2. The van der Waals surface area contributed by atoms with E-state index < -0.39 is 5.41 Å². The van der Waals surface area contributed by atoms with E-state index in [-0.39, 0.29) is 24.1 Å². The molecule has 1 amide bonds. The van der Waals surface area contributed by atoms with Crippen molar-refractivity contribution in [3.8, 4) is 0 Å². The summed E-state index contributed by atoms with van der Waals surface area (Å²) in [5.74, 6) is -0.296. The minimum absolute atomic E-state index is 0. The third-order valence-electron chi connectivity index (χ3n) is 3.81. The molecule has 2 rings (SSSR count). The molecule has 0 aromatic heterocycles. The molecule has 0 unspecified atom stereocenters. The van der Waals surface area contributed by atoms with Crippen LogP contribution in [0.1, 0.15) is 18.4 Å². The summed E-state index contributed by atoms with van der Waals surface area (Å²) in [7, 11) is 1.61. The summed E-state index contributed by atoms with van der Waals surface area (Å²) in [6, 6.07) is 6.28. The molecule has 2 N–H and O–H groups in total. The predicted molar refractivity (Wildman–Crippen MR) is 81.9 cm³/mol. The molecule has 1 aliphatic rings. The Hall–Kier alpha value is -1.17. The van der Waals surface area contributed by atoms with Crippen molar-refractivity contribution in [1.29, 1.82) is 0 Å². The standard InChI is InChI=1S/C15H21FN2O2.ClH/c1-20-11-15(5-7-17-8-6-15)14(19)18-10-12-3-2-4-13(16)9-12;/h2-4,9,17H,5-8,10-11H2,1H3,(H,18,19);1H. The van der Waals surface area contributed by atoms with Gasteiger partial charge >= 0.3 is 0 Å². The minimum Gasteiger partial charge on any atom is -0.384 e. The zero-order chi connectivity index (χ0) is 14.4. The molecular formula is C15H22ClFN2O2. The van der Waals surface area contributed by atoms with Crippen LogP contribution in [-0.4, -0.2) is 32.7 Å². The molecule has 21 heavy (non-hydrogen) atoms. The first-order valence-corrected chi connectivity index (χ1v) is 6.89. The van der Waals surface area contributed by atoms with Crippen LogP contribution in [0, 0.1) is 11.2 Å². The predicted octanol–water partition coefficient (Wildman–Crippen LogP) is 1.88. The van der Waals surface area contributed by atoms with E-state index in [0.717, 1.165) is 31.5 Å². The highest BCUT2D eigenvalue weighted by Gasteiger charge is 2.39. The van der Waals surface area contributed by atoms with Crippen molar-refractivity contribution in [2.45, 2.75) is 19.4 Å². The molecule has 0 aliphatic carbocycles. The number of amides is 1. The zero-order valence-electron chi connectivity index (χ0n) is 12.2. The summed E-state index contributed by atoms with van der Waals surface area (Å²) < 4.78 is 18.3. The fraction of sp³-hybridized carbons (Fsp3) is 0.533. The summed E-state index contributed by atoms with van der Waals surface area (Å²) in [6.07, 6.45) is 1.52. The summed E-state index contributed by atoms with van der Waals surface area (Å²) in [6.45, 7) is 2.40. The van der Waals surface area contributed by atoms with Gasteiger partial charge in [0.05, 0.1) is 12.0 Å². The van der Waals surface area contributed by atoms with Crippen molar-refractivity contribution in [2.24, 2.45) is 5.41 Å². The van der Waals surface area contributed by atoms with Crippen LogP contribution in [0.25, 0.3) is 0 Å². The number of carbonyl (C=O) groups excluding carboxylic acids is 1. The van der Waals surface area contributed by atoms with Crippen molar-refractivity contribution in [3.63, 3.8) is 0 Å². The Labute approximate surface area is 130 Å². The van der Waals surface area contributed by atoms with Gasteiger partial charge in [0.2, 0.25) is 5.91 Å². The fourth-order valence-electron chi connectivity index (χ4n) is 2.64. The second kappa shape index (κ2) is 8.32. The molecule has 0 spiro atoms. The van der Waals surface area contributed by atoms with Gasteiger partial charge in [-0.15, -0.1) is 12.4 Å². The normalized spacial score (nSPS) is 16.9. The van der Waals surface area contributed by atoms with Gasteiger partial charge in [0, 0.05) is 13.7 Å². The Morgan fingerprint density at radius 2 is 2.14 bits per heavy atom. The number of halogens is 2. The van der Waals surface area contributed by atoms with Crippen molar-refractivity contribution in [2.75, 3.05) is 26.8 Å². The number of rotatable bonds is 5. The Bertz CT molecular complexity index is 459. The van der Waals surface area contributed by atoms with E-state index in [2.05, 4.69) is 10.6 Å². The highest BCUT2D eigenvalue weighted by Crippen LogP contribution is 2.29. The van der Waals surface area contributed by atoms with Gasteiger partial charge in [0.1, 0.15) is 5.82 Å². The first-order valence-electron chi connectivity index (χ1n) is 6.89. The lowest BCUT2D eigenvalue weighted by molar-refractivity contribution is -0.136. The van der Waals surface area contributed by atoms with Crippen molar-refractivity contribution >= 4 is 18.3 Å². The smallest absolute Gasteiger partial charge is 0.228 e. The van der Waals surface area contributed by atoms with Crippen LogP contribution in [0.5, 0.6) is 0 Å². The molecule has 1 aliphatic heterocycles. The van der Waals surface area contributed by atoms with Crippen LogP contribution in [0.4, 0.5) is 4.39 Å². The monoisotopic (exact) mass is 316 g/mol. The lowest BCUT2D eigenvalue weighted by Gasteiger charge is -2.35.